The van der Waals surface area contributed by atoms with E-state index in [1.807, 2.05) is 24.3 Å². The van der Waals surface area contributed by atoms with Gasteiger partial charge < -0.3 is 10.4 Å². The molecule has 1 aliphatic rings. The van der Waals surface area contributed by atoms with Crippen LogP contribution >= 0.6 is 0 Å². The summed E-state index contributed by atoms with van der Waals surface area (Å²) in [6.45, 7) is 1.77. The molecule has 1 fully saturated rings. The number of aromatic nitrogens is 2. The number of ketones is 1. The number of hydrogen-bond donors (Lipinski definition) is 2. The van der Waals surface area contributed by atoms with Crippen molar-refractivity contribution in [2.24, 2.45) is 5.92 Å². The maximum Gasteiger partial charge on any atom is 0.169 e. The number of hydrogen-bond acceptors (Lipinski definition) is 5. The third-order valence-corrected chi connectivity index (χ3v) is 4.01. The van der Waals surface area contributed by atoms with Crippen molar-refractivity contribution in [1.29, 1.82) is 0 Å². The molecule has 0 saturated carbocycles. The van der Waals surface area contributed by atoms with Crippen LogP contribution in [0.3, 0.4) is 0 Å². The summed E-state index contributed by atoms with van der Waals surface area (Å²) in [7, 11) is 0. The van der Waals surface area contributed by atoms with E-state index in [1.54, 1.807) is 12.4 Å². The number of aliphatic hydroxyl groups is 1. The van der Waals surface area contributed by atoms with E-state index in [2.05, 4.69) is 15.3 Å². The van der Waals surface area contributed by atoms with Gasteiger partial charge in [0.05, 0.1) is 12.2 Å². The molecule has 0 aliphatic carbocycles. The highest BCUT2D eigenvalue weighted by atomic mass is 16.3. The van der Waals surface area contributed by atoms with Crippen LogP contribution in [-0.4, -0.2) is 33.9 Å². The van der Waals surface area contributed by atoms with Crippen molar-refractivity contribution in [1.82, 2.24) is 15.3 Å². The summed E-state index contributed by atoms with van der Waals surface area (Å²) in [6.07, 6.45) is 4.97. The molecule has 2 heterocycles. The normalized spacial score (nSPS) is 15.7. The van der Waals surface area contributed by atoms with Crippen LogP contribution in [0.4, 0.5) is 0 Å². The van der Waals surface area contributed by atoms with Crippen LogP contribution in [0.25, 0.3) is 11.4 Å². The maximum atomic E-state index is 12.4. The average molecular weight is 297 g/mol. The Bertz CT molecular complexity index is 649. The number of carbonyl (C=O) groups is 1. The second-order valence-electron chi connectivity index (χ2n) is 5.54. The Kier molecular flexibility index (Phi) is 4.56. The largest absolute Gasteiger partial charge is 0.392 e. The van der Waals surface area contributed by atoms with Gasteiger partial charge in [-0.25, -0.2) is 9.97 Å². The molecular weight excluding hydrogens is 278 g/mol. The highest BCUT2D eigenvalue weighted by Gasteiger charge is 2.22. The fourth-order valence-corrected chi connectivity index (χ4v) is 2.73. The second kappa shape index (κ2) is 6.77. The van der Waals surface area contributed by atoms with E-state index in [1.165, 1.54) is 0 Å². The standard InChI is InChI=1S/C17H19N3O2/c21-11-12-2-1-3-14(8-12)17-19-9-15(10-20-17)16(22)13-4-6-18-7-5-13/h1-3,8-10,13,18,21H,4-7,11H2. The number of benzene rings is 1. The molecule has 2 N–H and O–H groups in total. The summed E-state index contributed by atoms with van der Waals surface area (Å²) >= 11 is 0. The molecule has 1 aromatic carbocycles. The number of Topliss-reactive ketones (excluding diaryl/α,β-unsaturated/α-hetero) is 1. The van der Waals surface area contributed by atoms with Crippen LogP contribution in [0, 0.1) is 5.92 Å². The molecule has 3 rings (SSSR count). The average Bonchev–Trinajstić information content (AvgIpc) is 2.62. The van der Waals surface area contributed by atoms with Crippen molar-refractivity contribution < 1.29 is 9.90 Å². The lowest BCUT2D eigenvalue weighted by molar-refractivity contribution is 0.0894. The van der Waals surface area contributed by atoms with Gasteiger partial charge in [-0.2, -0.15) is 0 Å². The quantitative estimate of drug-likeness (QED) is 0.842. The smallest absolute Gasteiger partial charge is 0.169 e. The Hall–Kier alpha value is -2.11. The number of aliphatic hydroxyl groups excluding tert-OH is 1. The predicted octanol–water partition coefficient (Wildman–Crippen LogP) is 1.82. The Morgan fingerprint density at radius 3 is 2.64 bits per heavy atom. The summed E-state index contributed by atoms with van der Waals surface area (Å²) in [5.41, 5.74) is 2.23. The van der Waals surface area contributed by atoms with Crippen molar-refractivity contribution in [3.05, 3.63) is 47.8 Å². The van der Waals surface area contributed by atoms with Crippen LogP contribution in [-0.2, 0) is 6.61 Å². The van der Waals surface area contributed by atoms with Crippen molar-refractivity contribution >= 4 is 5.78 Å². The first-order valence-electron chi connectivity index (χ1n) is 7.55. The third-order valence-electron chi connectivity index (χ3n) is 4.01. The molecule has 5 nitrogen and oxygen atoms in total. The zero-order valence-corrected chi connectivity index (χ0v) is 12.3. The van der Waals surface area contributed by atoms with Crippen molar-refractivity contribution in [3.8, 4) is 11.4 Å². The van der Waals surface area contributed by atoms with E-state index >= 15 is 0 Å². The fourth-order valence-electron chi connectivity index (χ4n) is 2.73. The van der Waals surface area contributed by atoms with Gasteiger partial charge in [0, 0.05) is 23.9 Å². The Labute approximate surface area is 129 Å². The highest BCUT2D eigenvalue weighted by Crippen LogP contribution is 2.20. The van der Waals surface area contributed by atoms with Crippen LogP contribution in [0.2, 0.25) is 0 Å². The molecule has 2 aromatic rings. The number of carbonyl (C=O) groups excluding carboxylic acids is 1. The summed E-state index contributed by atoms with van der Waals surface area (Å²) in [5, 5.41) is 12.4. The van der Waals surface area contributed by atoms with Gasteiger partial charge in [0.15, 0.2) is 11.6 Å². The number of nitrogens with one attached hydrogen (secondary N) is 1. The van der Waals surface area contributed by atoms with Gasteiger partial charge in [-0.3, -0.25) is 4.79 Å². The van der Waals surface area contributed by atoms with Gasteiger partial charge in [-0.1, -0.05) is 18.2 Å². The lowest BCUT2D eigenvalue weighted by Crippen LogP contribution is -2.32. The van der Waals surface area contributed by atoms with Crippen molar-refractivity contribution in [2.45, 2.75) is 19.4 Å². The Morgan fingerprint density at radius 1 is 1.23 bits per heavy atom. The predicted molar refractivity (Wildman–Crippen MR) is 83.3 cm³/mol. The van der Waals surface area contributed by atoms with Crippen LogP contribution in [0.15, 0.2) is 36.7 Å². The minimum Gasteiger partial charge on any atom is -0.392 e. The molecule has 0 radical (unpaired) electrons. The van der Waals surface area contributed by atoms with Gasteiger partial charge >= 0.3 is 0 Å². The molecule has 1 aliphatic heterocycles. The molecule has 0 spiro atoms. The second-order valence-corrected chi connectivity index (χ2v) is 5.54. The van der Waals surface area contributed by atoms with E-state index < -0.39 is 0 Å². The molecule has 0 atom stereocenters. The summed E-state index contributed by atoms with van der Waals surface area (Å²) in [5.74, 6) is 0.780. The highest BCUT2D eigenvalue weighted by molar-refractivity contribution is 5.97. The first kappa shape index (κ1) is 14.8. The molecule has 5 heteroatoms. The van der Waals surface area contributed by atoms with Gasteiger partial charge in [-0.05, 0) is 37.6 Å². The topological polar surface area (TPSA) is 75.1 Å². The molecule has 1 aromatic heterocycles. The first-order valence-corrected chi connectivity index (χ1v) is 7.55. The summed E-state index contributed by atoms with van der Waals surface area (Å²) in [4.78, 5) is 21.0. The van der Waals surface area contributed by atoms with Crippen LogP contribution in [0.1, 0.15) is 28.8 Å². The van der Waals surface area contributed by atoms with E-state index in [-0.39, 0.29) is 18.3 Å². The third kappa shape index (κ3) is 3.21. The number of rotatable bonds is 4. The monoisotopic (exact) mass is 297 g/mol. The summed E-state index contributed by atoms with van der Waals surface area (Å²) in [6, 6.07) is 7.45. The van der Waals surface area contributed by atoms with Gasteiger partial charge in [0.1, 0.15) is 0 Å². The zero-order chi connectivity index (χ0) is 15.4. The number of nitrogens with zero attached hydrogens (tertiary/aromatic N) is 2. The molecule has 1 saturated heterocycles. The summed E-state index contributed by atoms with van der Waals surface area (Å²) < 4.78 is 0. The molecule has 0 bridgehead atoms. The van der Waals surface area contributed by atoms with E-state index in [4.69, 9.17) is 0 Å². The fraction of sp³-hybridized carbons (Fsp3) is 0.353. The van der Waals surface area contributed by atoms with E-state index in [9.17, 15) is 9.90 Å². The van der Waals surface area contributed by atoms with Crippen molar-refractivity contribution in [3.63, 3.8) is 0 Å². The minimum absolute atomic E-state index is 0.0138. The Balaban J connectivity index is 1.78. The lowest BCUT2D eigenvalue weighted by atomic mass is 9.91. The molecular formula is C17H19N3O2. The molecule has 0 amide bonds. The zero-order valence-electron chi connectivity index (χ0n) is 12.3. The molecule has 22 heavy (non-hydrogen) atoms. The number of piperidine rings is 1. The maximum absolute atomic E-state index is 12.4. The lowest BCUT2D eigenvalue weighted by Gasteiger charge is -2.21. The van der Waals surface area contributed by atoms with Crippen molar-refractivity contribution in [2.75, 3.05) is 13.1 Å². The van der Waals surface area contributed by atoms with E-state index in [0.29, 0.717) is 11.4 Å². The minimum atomic E-state index is -0.0138. The molecule has 114 valence electrons. The van der Waals surface area contributed by atoms with Crippen LogP contribution in [0.5, 0.6) is 0 Å². The molecule has 0 unspecified atom stereocenters. The van der Waals surface area contributed by atoms with Gasteiger partial charge in [0.2, 0.25) is 0 Å². The Morgan fingerprint density at radius 2 is 1.95 bits per heavy atom. The van der Waals surface area contributed by atoms with Gasteiger partial charge in [-0.15, -0.1) is 0 Å². The first-order chi connectivity index (χ1) is 10.8. The SMILES string of the molecule is O=C(c1cnc(-c2cccc(CO)c2)nc1)C1CCNCC1. The van der Waals surface area contributed by atoms with Gasteiger partial charge in [0.25, 0.3) is 0 Å². The van der Waals surface area contributed by atoms with E-state index in [0.717, 1.165) is 37.1 Å². The van der Waals surface area contributed by atoms with Crippen LogP contribution < -0.4 is 5.32 Å².